The summed E-state index contributed by atoms with van der Waals surface area (Å²) in [5.41, 5.74) is 2.37. The van der Waals surface area contributed by atoms with Gasteiger partial charge in [0.15, 0.2) is 6.61 Å². The summed E-state index contributed by atoms with van der Waals surface area (Å²) in [5.74, 6) is -0.408. The Kier molecular flexibility index (Phi) is 7.36. The molecule has 0 radical (unpaired) electrons. The van der Waals surface area contributed by atoms with Crippen molar-refractivity contribution in [3.63, 3.8) is 0 Å². The molecule has 0 aliphatic carbocycles. The van der Waals surface area contributed by atoms with Crippen LogP contribution in [-0.4, -0.2) is 38.4 Å². The number of oxime groups is 1. The van der Waals surface area contributed by atoms with Gasteiger partial charge in [0, 0.05) is 6.54 Å². The van der Waals surface area contributed by atoms with Crippen molar-refractivity contribution in [1.29, 1.82) is 0 Å². The van der Waals surface area contributed by atoms with Gasteiger partial charge in [0.05, 0.1) is 18.9 Å². The van der Waals surface area contributed by atoms with Crippen LogP contribution in [0, 0.1) is 0 Å². The minimum atomic E-state index is -0.397. The van der Waals surface area contributed by atoms with Gasteiger partial charge in [-0.1, -0.05) is 54.5 Å². The lowest BCUT2D eigenvalue weighted by atomic mass is 10.0. The second kappa shape index (κ2) is 9.98. The first-order valence-electron chi connectivity index (χ1n) is 8.25. The summed E-state index contributed by atoms with van der Waals surface area (Å²) in [5, 5.41) is 6.58. The van der Waals surface area contributed by atoms with E-state index in [2.05, 4.69) is 15.2 Å². The lowest BCUT2D eigenvalue weighted by molar-refractivity contribution is -0.125. The fourth-order valence-corrected chi connectivity index (χ4v) is 2.23. The van der Waals surface area contributed by atoms with Gasteiger partial charge in [0.2, 0.25) is 0 Å². The molecule has 6 nitrogen and oxygen atoms in total. The van der Waals surface area contributed by atoms with Gasteiger partial charge in [-0.05, 0) is 29.2 Å². The fourth-order valence-electron chi connectivity index (χ4n) is 2.23. The Morgan fingerprint density at radius 2 is 1.81 bits per heavy atom. The molecule has 0 saturated heterocycles. The number of carbonyl (C=O) groups is 2. The maximum atomic E-state index is 11.8. The average molecular weight is 354 g/mol. The van der Waals surface area contributed by atoms with Crippen LogP contribution in [0.5, 0.6) is 0 Å². The Bertz CT molecular complexity index is 742. The van der Waals surface area contributed by atoms with Crippen molar-refractivity contribution in [3.8, 4) is 0 Å². The Labute approximate surface area is 152 Å². The van der Waals surface area contributed by atoms with Gasteiger partial charge in [-0.3, -0.25) is 4.79 Å². The molecule has 136 valence electrons. The van der Waals surface area contributed by atoms with E-state index in [1.807, 2.05) is 37.3 Å². The Morgan fingerprint density at radius 1 is 1.12 bits per heavy atom. The van der Waals surface area contributed by atoms with E-state index in [0.29, 0.717) is 12.1 Å². The molecule has 0 aliphatic heterocycles. The summed E-state index contributed by atoms with van der Waals surface area (Å²) in [6.45, 7) is 2.43. The van der Waals surface area contributed by atoms with Crippen LogP contribution >= 0.6 is 0 Å². The zero-order valence-corrected chi connectivity index (χ0v) is 14.8. The first-order valence-corrected chi connectivity index (χ1v) is 8.25. The predicted octanol–water partition coefficient (Wildman–Crippen LogP) is 2.74. The number of nitrogens with zero attached hydrogens (tertiary/aromatic N) is 1. The van der Waals surface area contributed by atoms with E-state index in [1.165, 1.54) is 18.9 Å². The molecule has 6 heteroatoms. The molecular weight excluding hydrogens is 332 g/mol. The van der Waals surface area contributed by atoms with Crippen molar-refractivity contribution in [2.24, 2.45) is 5.16 Å². The van der Waals surface area contributed by atoms with Crippen molar-refractivity contribution in [2.45, 2.75) is 12.8 Å². The highest BCUT2D eigenvalue weighted by molar-refractivity contribution is 5.90. The monoisotopic (exact) mass is 354 g/mol. The van der Waals surface area contributed by atoms with E-state index >= 15 is 0 Å². The third-order valence-corrected chi connectivity index (χ3v) is 3.78. The van der Waals surface area contributed by atoms with E-state index in [4.69, 9.17) is 4.84 Å². The average Bonchev–Trinajstić information content (AvgIpc) is 2.70. The molecule has 0 fully saturated rings. The number of esters is 1. The molecule has 26 heavy (non-hydrogen) atoms. The summed E-state index contributed by atoms with van der Waals surface area (Å²) in [6, 6.07) is 16.7. The minimum absolute atomic E-state index is 0.155. The number of nitrogens with one attached hydrogen (secondary N) is 1. The van der Waals surface area contributed by atoms with Crippen molar-refractivity contribution in [3.05, 3.63) is 71.3 Å². The molecule has 1 N–H and O–H groups in total. The summed E-state index contributed by atoms with van der Waals surface area (Å²) in [6.07, 6.45) is 1.47. The second-order valence-corrected chi connectivity index (χ2v) is 5.74. The number of methoxy groups -OCH3 is 1. The van der Waals surface area contributed by atoms with E-state index in [1.54, 1.807) is 24.3 Å². The van der Waals surface area contributed by atoms with E-state index in [9.17, 15) is 9.59 Å². The quantitative estimate of drug-likeness (QED) is 0.449. The van der Waals surface area contributed by atoms with Crippen molar-refractivity contribution < 1.29 is 19.2 Å². The van der Waals surface area contributed by atoms with Gasteiger partial charge in [0.1, 0.15) is 0 Å². The predicted molar refractivity (Wildman–Crippen MR) is 99.2 cm³/mol. The van der Waals surface area contributed by atoms with Gasteiger partial charge in [-0.15, -0.1) is 0 Å². The highest BCUT2D eigenvalue weighted by atomic mass is 16.6. The maximum Gasteiger partial charge on any atom is 0.337 e. The first kappa shape index (κ1) is 19.2. The molecule has 0 bridgehead atoms. The topological polar surface area (TPSA) is 77.0 Å². The van der Waals surface area contributed by atoms with Crippen molar-refractivity contribution in [1.82, 2.24) is 5.32 Å². The molecule has 0 heterocycles. The molecule has 2 aromatic rings. The summed E-state index contributed by atoms with van der Waals surface area (Å²) < 4.78 is 4.63. The van der Waals surface area contributed by atoms with E-state index in [-0.39, 0.29) is 18.4 Å². The minimum Gasteiger partial charge on any atom is -0.465 e. The standard InChI is InChI=1S/C20H22N2O4/c1-15(17-6-4-3-5-7-17)12-21-19(23)14-26-22-13-16-8-10-18(11-9-16)20(24)25-2/h3-11,13,15H,12,14H2,1-2H3,(H,21,23)/b22-13+. The second-order valence-electron chi connectivity index (χ2n) is 5.74. The number of benzene rings is 2. The highest BCUT2D eigenvalue weighted by Crippen LogP contribution is 2.12. The molecule has 0 spiro atoms. The van der Waals surface area contributed by atoms with Crippen LogP contribution in [0.4, 0.5) is 0 Å². The Balaban J connectivity index is 1.70. The summed E-state index contributed by atoms with van der Waals surface area (Å²) in [7, 11) is 1.33. The number of rotatable bonds is 8. The number of hydrogen-bond acceptors (Lipinski definition) is 5. The molecule has 2 aromatic carbocycles. The molecule has 2 rings (SSSR count). The third-order valence-electron chi connectivity index (χ3n) is 3.78. The number of hydrogen-bond donors (Lipinski definition) is 1. The fraction of sp³-hybridized carbons (Fsp3) is 0.250. The first-order chi connectivity index (χ1) is 12.6. The summed E-state index contributed by atoms with van der Waals surface area (Å²) in [4.78, 5) is 28.1. The van der Waals surface area contributed by atoms with E-state index < -0.39 is 5.97 Å². The largest absolute Gasteiger partial charge is 0.465 e. The normalized spacial score (nSPS) is 11.8. The highest BCUT2D eigenvalue weighted by Gasteiger charge is 2.07. The SMILES string of the molecule is COC(=O)c1ccc(/C=N/OCC(=O)NCC(C)c2ccccc2)cc1. The van der Waals surface area contributed by atoms with Crippen molar-refractivity contribution in [2.75, 3.05) is 20.3 Å². The van der Waals surface area contributed by atoms with Crippen LogP contribution in [0.25, 0.3) is 0 Å². The van der Waals surface area contributed by atoms with Crippen LogP contribution < -0.4 is 5.32 Å². The maximum absolute atomic E-state index is 11.8. The Hall–Kier alpha value is -3.15. The van der Waals surface area contributed by atoms with Gasteiger partial charge < -0.3 is 14.9 Å². The van der Waals surface area contributed by atoms with Crippen LogP contribution in [0.3, 0.4) is 0 Å². The number of carbonyl (C=O) groups excluding carboxylic acids is 2. The molecule has 1 amide bonds. The zero-order chi connectivity index (χ0) is 18.8. The van der Waals surface area contributed by atoms with Crippen LogP contribution in [0.15, 0.2) is 59.8 Å². The number of ether oxygens (including phenoxy) is 1. The molecule has 1 atom stereocenters. The zero-order valence-electron chi connectivity index (χ0n) is 14.8. The van der Waals surface area contributed by atoms with Crippen LogP contribution in [-0.2, 0) is 14.4 Å². The smallest absolute Gasteiger partial charge is 0.337 e. The molecule has 0 saturated carbocycles. The van der Waals surface area contributed by atoms with Gasteiger partial charge in [0.25, 0.3) is 5.91 Å². The van der Waals surface area contributed by atoms with Gasteiger partial charge in [-0.25, -0.2) is 4.79 Å². The van der Waals surface area contributed by atoms with Crippen molar-refractivity contribution >= 4 is 18.1 Å². The van der Waals surface area contributed by atoms with Crippen LogP contribution in [0.2, 0.25) is 0 Å². The van der Waals surface area contributed by atoms with Crippen LogP contribution in [0.1, 0.15) is 34.3 Å². The molecule has 0 aromatic heterocycles. The third kappa shape index (κ3) is 6.05. The summed E-state index contributed by atoms with van der Waals surface area (Å²) >= 11 is 0. The van der Waals surface area contributed by atoms with E-state index in [0.717, 1.165) is 5.56 Å². The molecule has 0 aliphatic rings. The lowest BCUT2D eigenvalue weighted by Crippen LogP contribution is -2.30. The van der Waals surface area contributed by atoms with Gasteiger partial charge >= 0.3 is 5.97 Å². The lowest BCUT2D eigenvalue weighted by Gasteiger charge is -2.12. The van der Waals surface area contributed by atoms with Gasteiger partial charge in [-0.2, -0.15) is 0 Å². The molecular formula is C20H22N2O4. The molecule has 1 unspecified atom stereocenters. The number of amides is 1. The Morgan fingerprint density at radius 3 is 2.46 bits per heavy atom.